The van der Waals surface area contributed by atoms with Gasteiger partial charge < -0.3 is 20.9 Å². The van der Waals surface area contributed by atoms with Gasteiger partial charge in [-0.1, -0.05) is 6.92 Å². The Bertz CT molecular complexity index is 703. The van der Waals surface area contributed by atoms with Gasteiger partial charge in [-0.2, -0.15) is 9.97 Å². The standard InChI is InChI=1S/C13H19FN6O2/c1-6-7(4-21)22-11(13(6,2)14)20-5-17-8-9(16-3)18-12(15)19-10(8)20/h5-7,11,21H,4H2,1-3H3,(H3,15,16,18,19)/t6-,7-,11-,13-/m1/s1. The molecule has 2 aromatic heterocycles. The second-order valence-corrected chi connectivity index (χ2v) is 5.65. The third kappa shape index (κ3) is 2.00. The molecule has 8 nitrogen and oxygen atoms in total. The van der Waals surface area contributed by atoms with Gasteiger partial charge in [0.25, 0.3) is 0 Å². The highest BCUT2D eigenvalue weighted by Gasteiger charge is 2.53. The maximum atomic E-state index is 15.1. The average Bonchev–Trinajstić information content (AvgIpc) is 2.98. The molecule has 9 heteroatoms. The minimum Gasteiger partial charge on any atom is -0.394 e. The van der Waals surface area contributed by atoms with E-state index in [-0.39, 0.29) is 12.6 Å². The SMILES string of the molecule is CNc1nc(N)nc2c1ncn2[C@@H]1O[C@H](CO)[C@@H](C)[C@@]1(C)F. The number of nitrogen functional groups attached to an aromatic ring is 1. The Morgan fingerprint density at radius 2 is 2.27 bits per heavy atom. The van der Waals surface area contributed by atoms with E-state index in [1.807, 2.05) is 0 Å². The minimum atomic E-state index is -1.68. The molecule has 22 heavy (non-hydrogen) atoms. The number of aromatic nitrogens is 4. The first-order valence-electron chi connectivity index (χ1n) is 7.03. The van der Waals surface area contributed by atoms with Gasteiger partial charge >= 0.3 is 0 Å². The summed E-state index contributed by atoms with van der Waals surface area (Å²) in [7, 11) is 1.69. The number of hydrogen-bond donors (Lipinski definition) is 3. The molecule has 3 heterocycles. The fourth-order valence-corrected chi connectivity index (χ4v) is 2.82. The first-order valence-corrected chi connectivity index (χ1v) is 7.03. The summed E-state index contributed by atoms with van der Waals surface area (Å²) in [4.78, 5) is 12.4. The number of nitrogens with two attached hydrogens (primary N) is 1. The summed E-state index contributed by atoms with van der Waals surface area (Å²) in [5, 5.41) is 12.2. The number of alkyl halides is 1. The number of aliphatic hydroxyl groups excluding tert-OH is 1. The summed E-state index contributed by atoms with van der Waals surface area (Å²) in [5.41, 5.74) is 4.89. The van der Waals surface area contributed by atoms with Crippen molar-refractivity contribution in [1.82, 2.24) is 19.5 Å². The molecule has 0 amide bonds. The number of aliphatic hydroxyl groups is 1. The highest BCUT2D eigenvalue weighted by atomic mass is 19.1. The van der Waals surface area contributed by atoms with Gasteiger partial charge in [-0.05, 0) is 6.92 Å². The molecule has 0 spiro atoms. The number of hydrogen-bond acceptors (Lipinski definition) is 7. The second kappa shape index (κ2) is 5.03. The molecule has 1 aliphatic heterocycles. The minimum absolute atomic E-state index is 0.0592. The lowest BCUT2D eigenvalue weighted by Gasteiger charge is -2.25. The maximum Gasteiger partial charge on any atom is 0.224 e. The van der Waals surface area contributed by atoms with Crippen LogP contribution in [0.4, 0.5) is 16.2 Å². The largest absolute Gasteiger partial charge is 0.394 e. The van der Waals surface area contributed by atoms with Gasteiger partial charge in [0.05, 0.1) is 19.0 Å². The number of rotatable bonds is 3. The number of fused-ring (bicyclic) bond motifs is 1. The zero-order valence-corrected chi connectivity index (χ0v) is 12.6. The van der Waals surface area contributed by atoms with Crippen molar-refractivity contribution in [3.8, 4) is 0 Å². The van der Waals surface area contributed by atoms with E-state index in [9.17, 15) is 5.11 Å². The lowest BCUT2D eigenvalue weighted by Crippen LogP contribution is -2.34. The van der Waals surface area contributed by atoms with Crippen LogP contribution in [0.1, 0.15) is 20.1 Å². The monoisotopic (exact) mass is 310 g/mol. The average molecular weight is 310 g/mol. The van der Waals surface area contributed by atoms with Crippen LogP contribution in [0.5, 0.6) is 0 Å². The smallest absolute Gasteiger partial charge is 0.224 e. The topological polar surface area (TPSA) is 111 Å². The van der Waals surface area contributed by atoms with Gasteiger partial charge in [-0.15, -0.1) is 0 Å². The zero-order valence-electron chi connectivity index (χ0n) is 12.6. The van der Waals surface area contributed by atoms with Crippen LogP contribution in [0.25, 0.3) is 11.2 Å². The second-order valence-electron chi connectivity index (χ2n) is 5.65. The fourth-order valence-electron chi connectivity index (χ4n) is 2.82. The molecule has 4 atom stereocenters. The molecule has 1 fully saturated rings. The summed E-state index contributed by atoms with van der Waals surface area (Å²) < 4.78 is 22.3. The molecule has 0 unspecified atom stereocenters. The molecule has 2 aromatic rings. The van der Waals surface area contributed by atoms with Crippen LogP contribution in [0.2, 0.25) is 0 Å². The van der Waals surface area contributed by atoms with Crippen LogP contribution in [0, 0.1) is 5.92 Å². The van der Waals surface area contributed by atoms with E-state index < -0.39 is 23.9 Å². The van der Waals surface area contributed by atoms with Crippen LogP contribution in [0.15, 0.2) is 6.33 Å². The highest BCUT2D eigenvalue weighted by Crippen LogP contribution is 2.46. The Balaban J connectivity index is 2.13. The number of ether oxygens (including phenoxy) is 1. The third-order valence-corrected chi connectivity index (χ3v) is 4.34. The molecular weight excluding hydrogens is 291 g/mol. The number of halogens is 1. The van der Waals surface area contributed by atoms with E-state index >= 15 is 4.39 Å². The molecule has 0 saturated carbocycles. The Labute approximate surface area is 126 Å². The van der Waals surface area contributed by atoms with Crippen molar-refractivity contribution in [2.24, 2.45) is 5.92 Å². The first kappa shape index (κ1) is 14.9. The van der Waals surface area contributed by atoms with Gasteiger partial charge in [-0.25, -0.2) is 9.37 Å². The number of nitrogens with one attached hydrogen (secondary N) is 1. The molecule has 0 radical (unpaired) electrons. The Morgan fingerprint density at radius 1 is 1.55 bits per heavy atom. The van der Waals surface area contributed by atoms with E-state index in [1.54, 1.807) is 14.0 Å². The summed E-state index contributed by atoms with van der Waals surface area (Å²) >= 11 is 0. The summed E-state index contributed by atoms with van der Waals surface area (Å²) in [6, 6.07) is 0. The molecule has 0 aromatic carbocycles. The number of imidazole rings is 1. The van der Waals surface area contributed by atoms with Crippen LogP contribution in [-0.2, 0) is 4.74 Å². The van der Waals surface area contributed by atoms with E-state index in [1.165, 1.54) is 17.8 Å². The number of anilines is 2. The quantitative estimate of drug-likeness (QED) is 0.765. The number of nitrogens with zero attached hydrogens (tertiary/aromatic N) is 4. The molecule has 4 N–H and O–H groups in total. The lowest BCUT2D eigenvalue weighted by atomic mass is 9.90. The molecule has 3 rings (SSSR count). The lowest BCUT2D eigenvalue weighted by molar-refractivity contribution is -0.0565. The van der Waals surface area contributed by atoms with Crippen LogP contribution in [-0.4, -0.2) is 50.1 Å². The van der Waals surface area contributed by atoms with Crippen molar-refractivity contribution in [3.05, 3.63) is 6.33 Å². The van der Waals surface area contributed by atoms with E-state index in [0.717, 1.165) is 0 Å². The van der Waals surface area contributed by atoms with Crippen molar-refractivity contribution < 1.29 is 14.2 Å². The molecule has 1 aliphatic rings. The van der Waals surface area contributed by atoms with E-state index in [4.69, 9.17) is 10.5 Å². The van der Waals surface area contributed by atoms with Crippen molar-refractivity contribution in [1.29, 1.82) is 0 Å². The third-order valence-electron chi connectivity index (χ3n) is 4.34. The van der Waals surface area contributed by atoms with Crippen LogP contribution in [0.3, 0.4) is 0 Å². The van der Waals surface area contributed by atoms with Crippen LogP contribution >= 0.6 is 0 Å². The summed E-state index contributed by atoms with van der Waals surface area (Å²) in [6.45, 7) is 2.92. The molecule has 1 saturated heterocycles. The Morgan fingerprint density at radius 3 is 2.86 bits per heavy atom. The van der Waals surface area contributed by atoms with Gasteiger partial charge in [0, 0.05) is 13.0 Å². The van der Waals surface area contributed by atoms with Gasteiger partial charge in [0.2, 0.25) is 5.95 Å². The predicted molar refractivity (Wildman–Crippen MR) is 79.0 cm³/mol. The van der Waals surface area contributed by atoms with Crippen LogP contribution < -0.4 is 11.1 Å². The van der Waals surface area contributed by atoms with E-state index in [2.05, 4.69) is 20.3 Å². The summed E-state index contributed by atoms with van der Waals surface area (Å²) in [6.07, 6.45) is -0.0710. The normalized spacial score (nSPS) is 31.8. The zero-order chi connectivity index (χ0) is 16.1. The highest BCUT2D eigenvalue weighted by molar-refractivity contribution is 5.84. The Hall–Kier alpha value is -2.00. The maximum absolute atomic E-state index is 15.1. The van der Waals surface area contributed by atoms with Gasteiger partial charge in [0.1, 0.15) is 0 Å². The van der Waals surface area contributed by atoms with Crippen molar-refractivity contribution in [3.63, 3.8) is 0 Å². The predicted octanol–water partition coefficient (Wildman–Crippen LogP) is 0.704. The molecule has 0 bridgehead atoms. The van der Waals surface area contributed by atoms with Crippen molar-refractivity contribution in [2.75, 3.05) is 24.7 Å². The molecule has 120 valence electrons. The van der Waals surface area contributed by atoms with Gasteiger partial charge in [-0.3, -0.25) is 4.57 Å². The van der Waals surface area contributed by atoms with Crippen molar-refractivity contribution >= 4 is 22.9 Å². The van der Waals surface area contributed by atoms with Gasteiger partial charge in [0.15, 0.2) is 28.9 Å². The summed E-state index contributed by atoms with van der Waals surface area (Å²) in [5.74, 6) is 0.0541. The van der Waals surface area contributed by atoms with Crippen molar-refractivity contribution in [2.45, 2.75) is 31.8 Å². The fraction of sp³-hybridized carbons (Fsp3) is 0.615. The molecule has 0 aliphatic carbocycles. The molecular formula is C13H19FN6O2. The Kier molecular flexibility index (Phi) is 3.41. The van der Waals surface area contributed by atoms with E-state index in [0.29, 0.717) is 17.0 Å². The first-order chi connectivity index (χ1) is 10.4.